The molecule has 2 heterocycles. The lowest BCUT2D eigenvalue weighted by atomic mass is 10.2. The minimum absolute atomic E-state index is 0.115. The van der Waals surface area contributed by atoms with E-state index < -0.39 is 10.0 Å². The van der Waals surface area contributed by atoms with Crippen LogP contribution in [0.3, 0.4) is 0 Å². The number of hydrogen-bond acceptors (Lipinski definition) is 8. The van der Waals surface area contributed by atoms with E-state index in [-0.39, 0.29) is 15.7 Å². The maximum atomic E-state index is 12.8. The van der Waals surface area contributed by atoms with Crippen molar-refractivity contribution in [3.05, 3.63) is 53.7 Å². The average Bonchev–Trinajstić information content (AvgIpc) is 3.29. The van der Waals surface area contributed by atoms with Crippen molar-refractivity contribution in [3.63, 3.8) is 0 Å². The molecule has 1 fully saturated rings. The zero-order chi connectivity index (χ0) is 25.9. The van der Waals surface area contributed by atoms with E-state index in [9.17, 15) is 8.42 Å². The average molecular weight is 531 g/mol. The maximum Gasteiger partial charge on any atom is 0.244 e. The fourth-order valence-electron chi connectivity index (χ4n) is 4.01. The van der Waals surface area contributed by atoms with Gasteiger partial charge in [0.2, 0.25) is 16.0 Å². The van der Waals surface area contributed by atoms with Gasteiger partial charge >= 0.3 is 0 Å². The molecule has 0 saturated carbocycles. The zero-order valence-electron chi connectivity index (χ0n) is 20.8. The summed E-state index contributed by atoms with van der Waals surface area (Å²) < 4.78 is 32.6. The number of anilines is 5. The summed E-state index contributed by atoms with van der Waals surface area (Å²) >= 11 is 6.36. The highest BCUT2D eigenvalue weighted by Crippen LogP contribution is 2.35. The summed E-state index contributed by atoms with van der Waals surface area (Å²) in [7, 11) is -0.711. The van der Waals surface area contributed by atoms with Crippen LogP contribution in [0.15, 0.2) is 53.6 Å². The van der Waals surface area contributed by atoms with Gasteiger partial charge in [0.15, 0.2) is 5.82 Å². The number of nitrogens with zero attached hydrogens (tertiary/aromatic N) is 4. The molecular formula is C25H31ClN6O3S. The Morgan fingerprint density at radius 2 is 1.94 bits per heavy atom. The molecule has 11 heteroatoms. The minimum Gasteiger partial charge on any atom is -0.492 e. The standard InChI is InChI=1S/C25H31ClN6O3S/c1-5-35-22-14-18(32-13-12-17(2)16-32)10-11-20(22)29-25-27-15-19(26)24(30-25)28-21-8-6-7-9-23(21)36(33,34)31(3)4/h6-11,14-15,17H,5,12-13,16H2,1-4H3,(H2,27,28,29,30)/t17-/m1/s1. The van der Waals surface area contributed by atoms with Crippen molar-refractivity contribution in [3.8, 4) is 5.75 Å². The molecule has 2 aromatic carbocycles. The lowest BCUT2D eigenvalue weighted by Crippen LogP contribution is -2.23. The van der Waals surface area contributed by atoms with E-state index in [1.54, 1.807) is 18.2 Å². The number of sulfonamides is 1. The number of benzene rings is 2. The predicted octanol–water partition coefficient (Wildman–Crippen LogP) is 5.11. The molecule has 0 aliphatic carbocycles. The van der Waals surface area contributed by atoms with E-state index >= 15 is 0 Å². The van der Waals surface area contributed by atoms with Crippen LogP contribution in [0.5, 0.6) is 5.75 Å². The summed E-state index contributed by atoms with van der Waals surface area (Å²) in [6.45, 7) is 6.77. The van der Waals surface area contributed by atoms with Gasteiger partial charge < -0.3 is 20.3 Å². The first-order valence-corrected chi connectivity index (χ1v) is 13.6. The second kappa shape index (κ2) is 10.9. The molecule has 192 valence electrons. The quantitative estimate of drug-likeness (QED) is 0.393. The fourth-order valence-corrected chi connectivity index (χ4v) is 5.19. The van der Waals surface area contributed by atoms with E-state index in [4.69, 9.17) is 16.3 Å². The van der Waals surface area contributed by atoms with Crippen molar-refractivity contribution in [2.45, 2.75) is 25.2 Å². The second-order valence-electron chi connectivity index (χ2n) is 8.88. The van der Waals surface area contributed by atoms with Crippen LogP contribution in [0.25, 0.3) is 0 Å². The van der Waals surface area contributed by atoms with Crippen molar-refractivity contribution in [1.82, 2.24) is 14.3 Å². The Morgan fingerprint density at radius 1 is 1.17 bits per heavy atom. The molecule has 0 amide bonds. The molecule has 0 spiro atoms. The van der Waals surface area contributed by atoms with Gasteiger partial charge in [0.1, 0.15) is 15.7 Å². The topological polar surface area (TPSA) is 99.7 Å². The normalized spacial score (nSPS) is 15.8. The molecule has 9 nitrogen and oxygen atoms in total. The van der Waals surface area contributed by atoms with Gasteiger partial charge in [-0.3, -0.25) is 0 Å². The van der Waals surface area contributed by atoms with Crippen LogP contribution in [-0.4, -0.2) is 56.5 Å². The molecular weight excluding hydrogens is 500 g/mol. The second-order valence-corrected chi connectivity index (χ2v) is 11.4. The number of hydrogen-bond donors (Lipinski definition) is 2. The minimum atomic E-state index is -3.68. The van der Waals surface area contributed by atoms with Crippen molar-refractivity contribution >= 4 is 50.5 Å². The Bertz CT molecular complexity index is 1340. The third-order valence-electron chi connectivity index (χ3n) is 5.94. The maximum absolute atomic E-state index is 12.8. The molecule has 2 N–H and O–H groups in total. The number of aromatic nitrogens is 2. The Hall–Kier alpha value is -3.08. The van der Waals surface area contributed by atoms with Gasteiger partial charge in [-0.25, -0.2) is 17.7 Å². The number of para-hydroxylation sites is 1. The molecule has 0 radical (unpaired) electrons. The smallest absolute Gasteiger partial charge is 0.244 e. The fraction of sp³-hybridized carbons (Fsp3) is 0.360. The number of rotatable bonds is 9. The van der Waals surface area contributed by atoms with Crippen LogP contribution in [-0.2, 0) is 10.0 Å². The molecule has 4 rings (SSSR count). The Kier molecular flexibility index (Phi) is 7.87. The zero-order valence-corrected chi connectivity index (χ0v) is 22.4. The largest absolute Gasteiger partial charge is 0.492 e. The third kappa shape index (κ3) is 5.66. The summed E-state index contributed by atoms with van der Waals surface area (Å²) in [6, 6.07) is 12.6. The van der Waals surface area contributed by atoms with Gasteiger partial charge in [0.25, 0.3) is 0 Å². The molecule has 1 saturated heterocycles. The van der Waals surface area contributed by atoms with Crippen molar-refractivity contribution in [2.24, 2.45) is 5.92 Å². The predicted molar refractivity (Wildman–Crippen MR) is 145 cm³/mol. The van der Waals surface area contributed by atoms with Crippen molar-refractivity contribution in [2.75, 3.05) is 49.3 Å². The summed E-state index contributed by atoms with van der Waals surface area (Å²) in [5.41, 5.74) is 2.19. The molecule has 36 heavy (non-hydrogen) atoms. The lowest BCUT2D eigenvalue weighted by Gasteiger charge is -2.21. The highest BCUT2D eigenvalue weighted by molar-refractivity contribution is 7.89. The van der Waals surface area contributed by atoms with Crippen LogP contribution in [0.2, 0.25) is 5.02 Å². The lowest BCUT2D eigenvalue weighted by molar-refractivity contribution is 0.342. The monoisotopic (exact) mass is 530 g/mol. The van der Waals surface area contributed by atoms with E-state index in [2.05, 4.69) is 38.5 Å². The highest BCUT2D eigenvalue weighted by atomic mass is 35.5. The molecule has 3 aromatic rings. The summed E-state index contributed by atoms with van der Waals surface area (Å²) in [6.07, 6.45) is 2.64. The van der Waals surface area contributed by atoms with E-state index in [1.807, 2.05) is 19.1 Å². The number of halogens is 1. The molecule has 1 aromatic heterocycles. The first-order chi connectivity index (χ1) is 17.2. The van der Waals surface area contributed by atoms with Gasteiger partial charge in [0, 0.05) is 38.9 Å². The highest BCUT2D eigenvalue weighted by Gasteiger charge is 2.22. The van der Waals surface area contributed by atoms with E-state index in [0.29, 0.717) is 29.9 Å². The van der Waals surface area contributed by atoms with Crippen molar-refractivity contribution < 1.29 is 13.2 Å². The molecule has 1 aliphatic rings. The number of ether oxygens (including phenoxy) is 1. The summed E-state index contributed by atoms with van der Waals surface area (Å²) in [4.78, 5) is 11.3. The number of nitrogens with one attached hydrogen (secondary N) is 2. The Labute approximate surface area is 217 Å². The summed E-state index contributed by atoms with van der Waals surface area (Å²) in [5, 5.41) is 6.51. The van der Waals surface area contributed by atoms with Gasteiger partial charge in [-0.05, 0) is 43.5 Å². The van der Waals surface area contributed by atoms with Crippen LogP contribution in [0.4, 0.5) is 28.8 Å². The Balaban J connectivity index is 1.61. The first kappa shape index (κ1) is 26.0. The third-order valence-corrected chi connectivity index (χ3v) is 8.09. The Morgan fingerprint density at radius 3 is 2.64 bits per heavy atom. The van der Waals surface area contributed by atoms with Gasteiger partial charge in [0.05, 0.1) is 24.2 Å². The van der Waals surface area contributed by atoms with Crippen LogP contribution in [0.1, 0.15) is 20.3 Å². The SMILES string of the molecule is CCOc1cc(N2CC[C@@H](C)C2)ccc1Nc1ncc(Cl)c(Nc2ccccc2S(=O)(=O)N(C)C)n1. The van der Waals surface area contributed by atoms with Crippen LogP contribution in [0, 0.1) is 5.92 Å². The van der Waals surface area contributed by atoms with Gasteiger partial charge in [-0.2, -0.15) is 4.98 Å². The van der Waals surface area contributed by atoms with Crippen LogP contribution < -0.4 is 20.3 Å². The van der Waals surface area contributed by atoms with E-state index in [1.165, 1.54) is 32.8 Å². The molecule has 1 aliphatic heterocycles. The summed E-state index contributed by atoms with van der Waals surface area (Å²) in [5.74, 6) is 1.93. The first-order valence-electron chi connectivity index (χ1n) is 11.8. The van der Waals surface area contributed by atoms with Gasteiger partial charge in [-0.15, -0.1) is 0 Å². The molecule has 1 atom stereocenters. The molecule has 0 bridgehead atoms. The molecule has 0 unspecified atom stereocenters. The van der Waals surface area contributed by atoms with Gasteiger partial charge in [-0.1, -0.05) is 30.7 Å². The van der Waals surface area contributed by atoms with E-state index in [0.717, 1.165) is 28.8 Å². The van der Waals surface area contributed by atoms with Crippen molar-refractivity contribution in [1.29, 1.82) is 0 Å². The van der Waals surface area contributed by atoms with Crippen LogP contribution >= 0.6 is 11.6 Å².